The van der Waals surface area contributed by atoms with Crippen molar-refractivity contribution in [2.24, 2.45) is 0 Å². The molecule has 0 N–H and O–H groups in total. The third kappa shape index (κ3) is 2.45. The van der Waals surface area contributed by atoms with Gasteiger partial charge in [0, 0.05) is 5.69 Å². The average molecular weight is 214 g/mol. The van der Waals surface area contributed by atoms with Crippen LogP contribution in [0.2, 0.25) is 5.15 Å². The van der Waals surface area contributed by atoms with E-state index in [9.17, 15) is 4.79 Å². The minimum absolute atomic E-state index is 0.211. The van der Waals surface area contributed by atoms with Crippen LogP contribution in [-0.4, -0.2) is 17.6 Å². The van der Waals surface area contributed by atoms with E-state index in [-0.39, 0.29) is 5.15 Å². The molecule has 0 spiro atoms. The molecule has 0 aliphatic carbocycles. The Labute approximate surface area is 88.1 Å². The number of aryl methyl sites for hydroxylation is 1. The van der Waals surface area contributed by atoms with Gasteiger partial charge in [-0.25, -0.2) is 9.78 Å². The van der Waals surface area contributed by atoms with E-state index in [0.29, 0.717) is 12.2 Å². The summed E-state index contributed by atoms with van der Waals surface area (Å²) < 4.78 is 4.82. The van der Waals surface area contributed by atoms with Crippen LogP contribution in [0.15, 0.2) is 12.1 Å². The Balaban J connectivity index is 2.94. The summed E-state index contributed by atoms with van der Waals surface area (Å²) in [4.78, 5) is 15.4. The van der Waals surface area contributed by atoms with Gasteiger partial charge in [-0.1, -0.05) is 18.5 Å². The summed E-state index contributed by atoms with van der Waals surface area (Å²) in [5, 5.41) is 0.211. The molecule has 14 heavy (non-hydrogen) atoms. The Hall–Kier alpha value is -1.09. The van der Waals surface area contributed by atoms with Crippen molar-refractivity contribution < 1.29 is 9.53 Å². The lowest BCUT2D eigenvalue weighted by Crippen LogP contribution is -2.06. The lowest BCUT2D eigenvalue weighted by Gasteiger charge is -2.04. The molecule has 0 unspecified atom stereocenters. The van der Waals surface area contributed by atoms with E-state index in [1.165, 1.54) is 0 Å². The SMILES string of the molecule is CCOC(=O)c1ccc(CC)nc1Cl. The molecule has 3 nitrogen and oxygen atoms in total. The lowest BCUT2D eigenvalue weighted by atomic mass is 10.2. The van der Waals surface area contributed by atoms with E-state index in [1.54, 1.807) is 19.1 Å². The van der Waals surface area contributed by atoms with Gasteiger partial charge in [-0.3, -0.25) is 0 Å². The second kappa shape index (κ2) is 4.96. The molecule has 76 valence electrons. The quantitative estimate of drug-likeness (QED) is 0.572. The number of hydrogen-bond acceptors (Lipinski definition) is 3. The van der Waals surface area contributed by atoms with Gasteiger partial charge in [0.25, 0.3) is 0 Å². The molecule has 0 radical (unpaired) electrons. The van der Waals surface area contributed by atoms with E-state index >= 15 is 0 Å². The number of esters is 1. The number of hydrogen-bond donors (Lipinski definition) is 0. The molecular formula is C10H12ClNO2. The van der Waals surface area contributed by atoms with Gasteiger partial charge < -0.3 is 4.74 Å². The maximum absolute atomic E-state index is 11.3. The number of halogens is 1. The number of carbonyl (C=O) groups excluding carboxylic acids is 1. The minimum atomic E-state index is -0.423. The summed E-state index contributed by atoms with van der Waals surface area (Å²) in [6.07, 6.45) is 0.794. The first-order valence-corrected chi connectivity index (χ1v) is 4.89. The fourth-order valence-corrected chi connectivity index (χ4v) is 1.28. The maximum Gasteiger partial charge on any atom is 0.341 e. The third-order valence-corrected chi connectivity index (χ3v) is 2.05. The summed E-state index contributed by atoms with van der Waals surface area (Å²) in [6.45, 7) is 4.06. The number of ether oxygens (including phenoxy) is 1. The Morgan fingerprint density at radius 2 is 2.21 bits per heavy atom. The normalized spacial score (nSPS) is 9.93. The average Bonchev–Trinajstić information content (AvgIpc) is 2.17. The molecule has 4 heteroatoms. The maximum atomic E-state index is 11.3. The number of pyridine rings is 1. The Bertz CT molecular complexity index is 339. The van der Waals surface area contributed by atoms with Crippen LogP contribution in [0.25, 0.3) is 0 Å². The van der Waals surface area contributed by atoms with Gasteiger partial charge >= 0.3 is 5.97 Å². The van der Waals surface area contributed by atoms with Crippen molar-refractivity contribution in [3.05, 3.63) is 28.5 Å². The molecule has 0 bridgehead atoms. The lowest BCUT2D eigenvalue weighted by molar-refractivity contribution is 0.0526. The summed E-state index contributed by atoms with van der Waals surface area (Å²) in [5.74, 6) is -0.423. The summed E-state index contributed by atoms with van der Waals surface area (Å²) in [6, 6.07) is 3.42. The molecule has 0 aliphatic rings. The van der Waals surface area contributed by atoms with Gasteiger partial charge in [-0.15, -0.1) is 0 Å². The molecule has 0 saturated heterocycles. The summed E-state index contributed by atoms with van der Waals surface area (Å²) in [7, 11) is 0. The van der Waals surface area contributed by atoms with E-state index in [1.807, 2.05) is 6.92 Å². The van der Waals surface area contributed by atoms with Gasteiger partial charge in [0.15, 0.2) is 0 Å². The van der Waals surface area contributed by atoms with Gasteiger partial charge in [-0.05, 0) is 25.5 Å². The zero-order valence-corrected chi connectivity index (χ0v) is 8.97. The first-order chi connectivity index (χ1) is 6.69. The first kappa shape index (κ1) is 11.0. The number of aromatic nitrogens is 1. The third-order valence-electron chi connectivity index (χ3n) is 1.76. The Morgan fingerprint density at radius 3 is 2.71 bits per heavy atom. The van der Waals surface area contributed by atoms with Crippen LogP contribution in [0.3, 0.4) is 0 Å². The summed E-state index contributed by atoms with van der Waals surface area (Å²) in [5.41, 5.74) is 1.19. The number of rotatable bonds is 3. The molecule has 0 aliphatic heterocycles. The van der Waals surface area contributed by atoms with Crippen molar-refractivity contribution >= 4 is 17.6 Å². The molecule has 1 aromatic heterocycles. The van der Waals surface area contributed by atoms with Crippen molar-refractivity contribution in [3.63, 3.8) is 0 Å². The fourth-order valence-electron chi connectivity index (χ4n) is 1.03. The Kier molecular flexibility index (Phi) is 3.89. The van der Waals surface area contributed by atoms with Gasteiger partial charge in [0.2, 0.25) is 0 Å². The number of nitrogens with zero attached hydrogens (tertiary/aromatic N) is 1. The largest absolute Gasteiger partial charge is 0.462 e. The molecule has 0 aromatic carbocycles. The van der Waals surface area contributed by atoms with Gasteiger partial charge in [0.1, 0.15) is 5.15 Å². The molecular weight excluding hydrogens is 202 g/mol. The van der Waals surface area contributed by atoms with E-state index in [0.717, 1.165) is 12.1 Å². The predicted molar refractivity (Wildman–Crippen MR) is 54.6 cm³/mol. The minimum Gasteiger partial charge on any atom is -0.462 e. The molecule has 1 heterocycles. The molecule has 1 aromatic rings. The highest BCUT2D eigenvalue weighted by atomic mass is 35.5. The molecule has 0 fully saturated rings. The predicted octanol–water partition coefficient (Wildman–Crippen LogP) is 2.47. The van der Waals surface area contributed by atoms with Crippen LogP contribution in [0, 0.1) is 0 Å². The molecule has 1 rings (SSSR count). The Morgan fingerprint density at radius 1 is 1.50 bits per heavy atom. The second-order valence-electron chi connectivity index (χ2n) is 2.71. The highest BCUT2D eigenvalue weighted by molar-refractivity contribution is 6.32. The molecule has 0 atom stereocenters. The van der Waals surface area contributed by atoms with Gasteiger partial charge in [0.05, 0.1) is 12.2 Å². The zero-order chi connectivity index (χ0) is 10.6. The van der Waals surface area contributed by atoms with Gasteiger partial charge in [-0.2, -0.15) is 0 Å². The monoisotopic (exact) mass is 213 g/mol. The van der Waals surface area contributed by atoms with Crippen molar-refractivity contribution in [2.45, 2.75) is 20.3 Å². The van der Waals surface area contributed by atoms with Crippen LogP contribution in [0.1, 0.15) is 29.9 Å². The van der Waals surface area contributed by atoms with Crippen LogP contribution >= 0.6 is 11.6 Å². The van der Waals surface area contributed by atoms with Crippen LogP contribution < -0.4 is 0 Å². The van der Waals surface area contributed by atoms with Crippen molar-refractivity contribution in [1.29, 1.82) is 0 Å². The van der Waals surface area contributed by atoms with Crippen molar-refractivity contribution in [3.8, 4) is 0 Å². The van der Waals surface area contributed by atoms with E-state index in [2.05, 4.69) is 4.98 Å². The van der Waals surface area contributed by atoms with Crippen molar-refractivity contribution in [2.75, 3.05) is 6.61 Å². The zero-order valence-electron chi connectivity index (χ0n) is 8.21. The summed E-state index contributed by atoms with van der Waals surface area (Å²) >= 11 is 5.83. The van der Waals surface area contributed by atoms with Crippen LogP contribution in [-0.2, 0) is 11.2 Å². The molecule has 0 saturated carbocycles. The van der Waals surface area contributed by atoms with Crippen LogP contribution in [0.5, 0.6) is 0 Å². The molecule has 0 amide bonds. The first-order valence-electron chi connectivity index (χ1n) is 4.51. The standard InChI is InChI=1S/C10H12ClNO2/c1-3-7-5-6-8(9(11)12-7)10(13)14-4-2/h5-6H,3-4H2,1-2H3. The van der Waals surface area contributed by atoms with Crippen molar-refractivity contribution in [1.82, 2.24) is 4.98 Å². The highest BCUT2D eigenvalue weighted by Crippen LogP contribution is 2.15. The van der Waals surface area contributed by atoms with E-state index < -0.39 is 5.97 Å². The fraction of sp³-hybridized carbons (Fsp3) is 0.400. The topological polar surface area (TPSA) is 39.2 Å². The van der Waals surface area contributed by atoms with Crippen LogP contribution in [0.4, 0.5) is 0 Å². The number of carbonyl (C=O) groups is 1. The second-order valence-corrected chi connectivity index (χ2v) is 3.07. The smallest absolute Gasteiger partial charge is 0.341 e. The highest BCUT2D eigenvalue weighted by Gasteiger charge is 2.12. The van der Waals surface area contributed by atoms with E-state index in [4.69, 9.17) is 16.3 Å².